The van der Waals surface area contributed by atoms with Gasteiger partial charge in [-0.2, -0.15) is 0 Å². The lowest BCUT2D eigenvalue weighted by Gasteiger charge is -2.37. The lowest BCUT2D eigenvalue weighted by atomic mass is 10.0. The van der Waals surface area contributed by atoms with Gasteiger partial charge in [0.05, 0.1) is 36.6 Å². The molecule has 1 fully saturated rings. The van der Waals surface area contributed by atoms with Crippen LogP contribution < -0.4 is 5.32 Å². The normalized spacial score (nSPS) is 19.9. The van der Waals surface area contributed by atoms with Gasteiger partial charge in [-0.1, -0.05) is 30.3 Å². The van der Waals surface area contributed by atoms with Gasteiger partial charge in [-0.25, -0.2) is 9.37 Å². The van der Waals surface area contributed by atoms with Crippen LogP contribution in [0.2, 0.25) is 0 Å². The van der Waals surface area contributed by atoms with Gasteiger partial charge in [0.15, 0.2) is 5.82 Å². The molecular formula is C27H25FN4O3. The van der Waals surface area contributed by atoms with Crippen molar-refractivity contribution in [3.05, 3.63) is 96.3 Å². The number of carbonyl (C=O) groups is 1. The van der Waals surface area contributed by atoms with E-state index >= 15 is 0 Å². The van der Waals surface area contributed by atoms with E-state index < -0.39 is 11.8 Å². The van der Waals surface area contributed by atoms with E-state index in [1.165, 1.54) is 12.1 Å². The van der Waals surface area contributed by atoms with Crippen LogP contribution in [0.1, 0.15) is 24.6 Å². The summed E-state index contributed by atoms with van der Waals surface area (Å²) in [5.74, 6) is 0.0808. The number of nitrogens with zero attached hydrogens (tertiary/aromatic N) is 2. The zero-order chi connectivity index (χ0) is 24.3. The van der Waals surface area contributed by atoms with Gasteiger partial charge >= 0.3 is 0 Å². The Morgan fingerprint density at radius 1 is 1.03 bits per heavy atom. The first kappa shape index (κ1) is 22.9. The van der Waals surface area contributed by atoms with E-state index in [1.807, 2.05) is 49.4 Å². The summed E-state index contributed by atoms with van der Waals surface area (Å²) >= 11 is 0. The molecule has 1 saturated heterocycles. The first-order chi connectivity index (χ1) is 17.0. The van der Waals surface area contributed by atoms with Gasteiger partial charge in [0.1, 0.15) is 5.82 Å². The monoisotopic (exact) mass is 472 g/mol. The van der Waals surface area contributed by atoms with Crippen molar-refractivity contribution in [2.45, 2.75) is 25.2 Å². The summed E-state index contributed by atoms with van der Waals surface area (Å²) in [6, 6.07) is 19.5. The zero-order valence-electron chi connectivity index (χ0n) is 19.2. The number of aromatic nitrogens is 3. The van der Waals surface area contributed by atoms with E-state index in [1.54, 1.807) is 24.5 Å². The minimum Gasteiger partial charge on any atom is -0.346 e. The minimum absolute atomic E-state index is 0.0964. The summed E-state index contributed by atoms with van der Waals surface area (Å²) in [6.07, 6.45) is 2.95. The van der Waals surface area contributed by atoms with Crippen molar-refractivity contribution >= 4 is 5.91 Å². The number of hydrogen-bond donors (Lipinski definition) is 2. The van der Waals surface area contributed by atoms with Crippen LogP contribution in [0.4, 0.5) is 4.39 Å². The number of hydrogen-bond acceptors (Lipinski definition) is 5. The fraction of sp³-hybridized carbons (Fsp3) is 0.222. The van der Waals surface area contributed by atoms with Gasteiger partial charge in [0.25, 0.3) is 0 Å². The number of rotatable bonds is 6. The van der Waals surface area contributed by atoms with Crippen molar-refractivity contribution in [2.24, 2.45) is 0 Å². The molecule has 4 aromatic rings. The van der Waals surface area contributed by atoms with Crippen LogP contribution in [0, 0.1) is 5.82 Å². The van der Waals surface area contributed by atoms with Crippen LogP contribution in [-0.4, -0.2) is 39.6 Å². The smallest absolute Gasteiger partial charge is 0.225 e. The van der Waals surface area contributed by atoms with E-state index in [0.29, 0.717) is 11.5 Å². The Bertz CT molecular complexity index is 1290. The predicted molar refractivity (Wildman–Crippen MR) is 129 cm³/mol. The second kappa shape index (κ2) is 9.77. The van der Waals surface area contributed by atoms with Gasteiger partial charge in [-0.05, 0) is 48.9 Å². The molecule has 2 aromatic heterocycles. The second-order valence-electron chi connectivity index (χ2n) is 8.81. The van der Waals surface area contributed by atoms with Crippen LogP contribution in [-0.2, 0) is 20.7 Å². The molecule has 0 aliphatic carbocycles. The summed E-state index contributed by atoms with van der Waals surface area (Å²) in [7, 11) is 0. The molecule has 0 bridgehead atoms. The van der Waals surface area contributed by atoms with Crippen LogP contribution in [0.3, 0.4) is 0 Å². The van der Waals surface area contributed by atoms with Crippen molar-refractivity contribution in [3.63, 3.8) is 0 Å². The molecule has 1 aliphatic rings. The minimum atomic E-state index is -0.733. The van der Waals surface area contributed by atoms with E-state index in [2.05, 4.69) is 15.3 Å². The molecule has 2 aromatic carbocycles. The van der Waals surface area contributed by atoms with Crippen molar-refractivity contribution in [3.8, 4) is 22.5 Å². The molecule has 35 heavy (non-hydrogen) atoms. The number of pyridine rings is 1. The number of halogens is 1. The molecule has 2 N–H and O–H groups in total. The maximum atomic E-state index is 13.5. The van der Waals surface area contributed by atoms with Gasteiger partial charge in [0, 0.05) is 23.5 Å². The molecule has 8 heteroatoms. The second-order valence-corrected chi connectivity index (χ2v) is 8.81. The highest BCUT2D eigenvalue weighted by Crippen LogP contribution is 2.34. The first-order valence-electron chi connectivity index (χ1n) is 11.3. The standard InChI is InChI=1S/C27H25FN4O3/c1-27(32-22(33)15-18-5-3-2-4-6-18)16-34-26(35-17-27)25-30-23(19-7-9-21(28)10-8-19)24(31-25)20-11-13-29-14-12-20/h2-14,26H,15-17H2,1H3,(H,30,31)(H,32,33). The third-order valence-corrected chi connectivity index (χ3v) is 5.79. The van der Waals surface area contributed by atoms with Crippen molar-refractivity contribution < 1.29 is 18.7 Å². The molecule has 178 valence electrons. The molecular weight excluding hydrogens is 447 g/mol. The van der Waals surface area contributed by atoms with Crippen molar-refractivity contribution in [2.75, 3.05) is 13.2 Å². The van der Waals surface area contributed by atoms with E-state index in [9.17, 15) is 9.18 Å². The number of aromatic amines is 1. The molecule has 0 atom stereocenters. The number of benzene rings is 2. The van der Waals surface area contributed by atoms with Crippen LogP contribution in [0.5, 0.6) is 0 Å². The van der Waals surface area contributed by atoms with Gasteiger partial charge in [-0.3, -0.25) is 9.78 Å². The van der Waals surface area contributed by atoms with Crippen LogP contribution >= 0.6 is 0 Å². The Morgan fingerprint density at radius 2 is 1.71 bits per heavy atom. The number of H-pyrrole nitrogens is 1. The highest BCUT2D eigenvalue weighted by atomic mass is 19.1. The average Bonchev–Trinajstić information content (AvgIpc) is 3.31. The summed E-state index contributed by atoms with van der Waals surface area (Å²) in [5, 5.41) is 3.03. The van der Waals surface area contributed by atoms with Crippen molar-refractivity contribution in [1.29, 1.82) is 0 Å². The van der Waals surface area contributed by atoms with Crippen LogP contribution in [0.25, 0.3) is 22.5 Å². The Morgan fingerprint density at radius 3 is 2.40 bits per heavy atom. The Kier molecular flexibility index (Phi) is 6.39. The van der Waals surface area contributed by atoms with Crippen LogP contribution in [0.15, 0.2) is 79.1 Å². The largest absolute Gasteiger partial charge is 0.346 e. The van der Waals surface area contributed by atoms with E-state index in [4.69, 9.17) is 14.5 Å². The predicted octanol–water partition coefficient (Wildman–Crippen LogP) is 4.44. The van der Waals surface area contributed by atoms with E-state index in [-0.39, 0.29) is 31.4 Å². The lowest BCUT2D eigenvalue weighted by molar-refractivity contribution is -0.217. The molecule has 0 spiro atoms. The number of ether oxygens (including phenoxy) is 2. The number of carbonyl (C=O) groups excluding carboxylic acids is 1. The van der Waals surface area contributed by atoms with Gasteiger partial charge < -0.3 is 19.8 Å². The number of nitrogens with one attached hydrogen (secondary N) is 2. The lowest BCUT2D eigenvalue weighted by Crippen LogP contribution is -2.56. The fourth-order valence-corrected chi connectivity index (χ4v) is 4.05. The fourth-order valence-electron chi connectivity index (χ4n) is 4.05. The quantitative estimate of drug-likeness (QED) is 0.433. The topological polar surface area (TPSA) is 89.1 Å². The highest BCUT2D eigenvalue weighted by molar-refractivity contribution is 5.79. The third kappa shape index (κ3) is 5.29. The molecule has 3 heterocycles. The number of imidazole rings is 1. The Balaban J connectivity index is 1.32. The summed E-state index contributed by atoms with van der Waals surface area (Å²) in [6.45, 7) is 2.41. The maximum Gasteiger partial charge on any atom is 0.225 e. The van der Waals surface area contributed by atoms with Crippen molar-refractivity contribution in [1.82, 2.24) is 20.3 Å². The molecule has 1 aliphatic heterocycles. The third-order valence-electron chi connectivity index (χ3n) is 5.79. The number of amides is 1. The molecule has 0 radical (unpaired) electrons. The zero-order valence-corrected chi connectivity index (χ0v) is 19.2. The molecule has 5 rings (SSSR count). The SMILES string of the molecule is CC1(NC(=O)Cc2ccccc2)COC(c2nc(-c3ccc(F)cc3)c(-c3ccncc3)[nH]2)OC1. The molecule has 0 unspecified atom stereocenters. The summed E-state index contributed by atoms with van der Waals surface area (Å²) in [5.41, 5.74) is 3.33. The summed E-state index contributed by atoms with van der Waals surface area (Å²) < 4.78 is 25.5. The maximum absolute atomic E-state index is 13.5. The Labute approximate surface area is 202 Å². The molecule has 1 amide bonds. The summed E-state index contributed by atoms with van der Waals surface area (Å²) in [4.78, 5) is 24.7. The average molecular weight is 473 g/mol. The van der Waals surface area contributed by atoms with Gasteiger partial charge in [0.2, 0.25) is 12.2 Å². The molecule has 0 saturated carbocycles. The Hall–Kier alpha value is -3.88. The van der Waals surface area contributed by atoms with E-state index in [0.717, 1.165) is 22.4 Å². The highest BCUT2D eigenvalue weighted by Gasteiger charge is 2.36. The molecule has 7 nitrogen and oxygen atoms in total. The van der Waals surface area contributed by atoms with Gasteiger partial charge in [-0.15, -0.1) is 0 Å². The first-order valence-corrected chi connectivity index (χ1v) is 11.3.